The van der Waals surface area contributed by atoms with Gasteiger partial charge < -0.3 is 10.6 Å². The fourth-order valence-electron chi connectivity index (χ4n) is 2.03. The second-order valence-corrected chi connectivity index (χ2v) is 7.47. The summed E-state index contributed by atoms with van der Waals surface area (Å²) in [5.41, 5.74) is 2.73. The van der Waals surface area contributed by atoms with Crippen molar-refractivity contribution in [2.45, 2.75) is 19.9 Å². The Hall–Kier alpha value is -0.720. The average molecular weight is 366 g/mol. The van der Waals surface area contributed by atoms with Gasteiger partial charge in [-0.2, -0.15) is 11.8 Å². The second kappa shape index (κ2) is 15.8. The minimum absolute atomic E-state index is 0.935. The zero-order chi connectivity index (χ0) is 17.3. The predicted molar refractivity (Wildman–Crippen MR) is 113 cm³/mol. The van der Waals surface area contributed by atoms with Crippen LogP contribution in [0.4, 0.5) is 0 Å². The van der Waals surface area contributed by atoms with Gasteiger partial charge in [-0.25, -0.2) is 0 Å². The van der Waals surface area contributed by atoms with E-state index in [0.29, 0.717) is 0 Å². The van der Waals surface area contributed by atoms with Crippen molar-refractivity contribution >= 4 is 23.7 Å². The minimum atomic E-state index is 0.935. The molecule has 1 aliphatic rings. The Balaban J connectivity index is 0.000000243. The van der Waals surface area contributed by atoms with Gasteiger partial charge >= 0.3 is 0 Å². The lowest BCUT2D eigenvalue weighted by Gasteiger charge is -2.06. The third-order valence-corrected chi connectivity index (χ3v) is 5.04. The van der Waals surface area contributed by atoms with E-state index in [2.05, 4.69) is 70.8 Å². The highest BCUT2D eigenvalue weighted by molar-refractivity contribution is 7.99. The molecule has 0 amide bonds. The van der Waals surface area contributed by atoms with Crippen molar-refractivity contribution < 1.29 is 0 Å². The topological polar surface area (TPSA) is 36.1 Å². The summed E-state index contributed by atoms with van der Waals surface area (Å²) in [5.74, 6) is 3.37. The number of rotatable bonds is 5. The third-order valence-electron chi connectivity index (χ3n) is 3.40. The Morgan fingerprint density at radius 2 is 2.04 bits per heavy atom. The summed E-state index contributed by atoms with van der Waals surface area (Å²) in [7, 11) is 1.93. The zero-order valence-corrected chi connectivity index (χ0v) is 16.5. The summed E-state index contributed by atoms with van der Waals surface area (Å²) in [6.45, 7) is 5.25. The van der Waals surface area contributed by atoms with Crippen molar-refractivity contribution in [1.82, 2.24) is 15.4 Å². The molecule has 24 heavy (non-hydrogen) atoms. The van der Waals surface area contributed by atoms with Crippen LogP contribution in [0.5, 0.6) is 0 Å². The Bertz CT molecular complexity index is 459. The van der Waals surface area contributed by atoms with Gasteiger partial charge in [-0.3, -0.25) is 4.72 Å². The van der Waals surface area contributed by atoms with Gasteiger partial charge in [-0.15, -0.1) is 0 Å². The number of nitrogens with one attached hydrogen (secondary N) is 3. The first-order valence-electron chi connectivity index (χ1n) is 8.48. The molecule has 0 spiro atoms. The van der Waals surface area contributed by atoms with Crippen LogP contribution in [0.15, 0.2) is 48.6 Å². The Morgan fingerprint density at radius 3 is 2.88 bits per heavy atom. The Morgan fingerprint density at radius 1 is 1.21 bits per heavy atom. The molecule has 0 bridgehead atoms. The molecular formula is C19H31N3S2. The van der Waals surface area contributed by atoms with Gasteiger partial charge in [0, 0.05) is 18.8 Å². The summed E-state index contributed by atoms with van der Waals surface area (Å²) in [5, 5.41) is 6.69. The summed E-state index contributed by atoms with van der Waals surface area (Å²) in [4.78, 5) is 0. The smallest absolute Gasteiger partial charge is 0.0568 e. The SMILES string of the molecule is C1=C\CNCCCSC\C=C/1.CNSCNCc1ccccc1C. The number of thioether (sulfide) groups is 1. The van der Waals surface area contributed by atoms with Gasteiger partial charge in [-0.1, -0.05) is 60.5 Å². The standard InChI is InChI=1S/C10H16N2S.C9H15NS/c1-9-5-3-4-6-10(9)7-12-8-13-11-2;1-2-4-8-11-9-5-7-10-6-3-1/h3-6,11-12H,7-8H2,1-2H3;1-4,10H,5-9H2/b;3-1-,4-2-. The second-order valence-electron chi connectivity index (χ2n) is 5.33. The van der Waals surface area contributed by atoms with E-state index in [1.165, 1.54) is 23.3 Å². The molecule has 1 aromatic rings. The van der Waals surface area contributed by atoms with E-state index in [-0.39, 0.29) is 0 Å². The van der Waals surface area contributed by atoms with E-state index in [1.54, 1.807) is 11.9 Å². The number of hydrogen-bond donors (Lipinski definition) is 3. The van der Waals surface area contributed by atoms with Crippen molar-refractivity contribution in [3.63, 3.8) is 0 Å². The van der Waals surface area contributed by atoms with Crippen LogP contribution in [0.1, 0.15) is 17.5 Å². The monoisotopic (exact) mass is 365 g/mol. The van der Waals surface area contributed by atoms with E-state index in [4.69, 9.17) is 0 Å². The molecule has 3 nitrogen and oxygen atoms in total. The molecule has 1 heterocycles. The lowest BCUT2D eigenvalue weighted by atomic mass is 10.1. The zero-order valence-electron chi connectivity index (χ0n) is 14.9. The molecule has 1 aliphatic heterocycles. The number of benzene rings is 1. The average Bonchev–Trinajstić information content (AvgIpc) is 2.67. The van der Waals surface area contributed by atoms with Crippen LogP contribution in [-0.2, 0) is 6.54 Å². The van der Waals surface area contributed by atoms with E-state index >= 15 is 0 Å². The lowest BCUT2D eigenvalue weighted by Crippen LogP contribution is -2.15. The molecule has 0 aliphatic carbocycles. The molecule has 3 N–H and O–H groups in total. The maximum atomic E-state index is 3.35. The number of hydrogen-bond acceptors (Lipinski definition) is 5. The lowest BCUT2D eigenvalue weighted by molar-refractivity contribution is 0.734. The van der Waals surface area contributed by atoms with Crippen molar-refractivity contribution in [2.24, 2.45) is 0 Å². The first-order chi connectivity index (χ1) is 11.8. The molecule has 5 heteroatoms. The Labute approximate surface area is 156 Å². The molecule has 2 rings (SSSR count). The number of allylic oxidation sites excluding steroid dienone is 2. The molecule has 0 fully saturated rings. The van der Waals surface area contributed by atoms with E-state index < -0.39 is 0 Å². The molecule has 1 aromatic carbocycles. The third kappa shape index (κ3) is 11.8. The molecule has 0 saturated heterocycles. The van der Waals surface area contributed by atoms with Crippen LogP contribution in [0.2, 0.25) is 0 Å². The summed E-state index contributed by atoms with van der Waals surface area (Å²) in [6.07, 6.45) is 9.89. The quantitative estimate of drug-likeness (QED) is 0.421. The molecule has 134 valence electrons. The molecule has 0 atom stereocenters. The minimum Gasteiger partial charge on any atom is -0.313 e. The summed E-state index contributed by atoms with van der Waals surface area (Å²) in [6, 6.07) is 8.45. The van der Waals surface area contributed by atoms with Gasteiger partial charge in [0.2, 0.25) is 0 Å². The highest BCUT2D eigenvalue weighted by atomic mass is 32.2. The first-order valence-corrected chi connectivity index (χ1v) is 10.6. The number of aryl methyl sites for hydroxylation is 1. The van der Waals surface area contributed by atoms with Gasteiger partial charge in [0.15, 0.2) is 0 Å². The largest absolute Gasteiger partial charge is 0.313 e. The van der Waals surface area contributed by atoms with Crippen molar-refractivity contribution in [2.75, 3.05) is 37.5 Å². The van der Waals surface area contributed by atoms with Gasteiger partial charge in [-0.05, 0) is 43.8 Å². The summed E-state index contributed by atoms with van der Waals surface area (Å²) < 4.78 is 3.02. The van der Waals surface area contributed by atoms with E-state index in [9.17, 15) is 0 Å². The van der Waals surface area contributed by atoms with E-state index in [1.807, 2.05) is 18.8 Å². The highest BCUT2D eigenvalue weighted by Gasteiger charge is 1.94. The van der Waals surface area contributed by atoms with Crippen LogP contribution in [0.25, 0.3) is 0 Å². The van der Waals surface area contributed by atoms with Gasteiger partial charge in [0.1, 0.15) is 0 Å². The van der Waals surface area contributed by atoms with Crippen molar-refractivity contribution in [3.8, 4) is 0 Å². The normalized spacial score (nSPS) is 17.9. The molecule has 0 unspecified atom stereocenters. The first kappa shape index (κ1) is 21.3. The van der Waals surface area contributed by atoms with Crippen LogP contribution in [-0.4, -0.2) is 37.5 Å². The van der Waals surface area contributed by atoms with Crippen LogP contribution >= 0.6 is 23.7 Å². The maximum Gasteiger partial charge on any atom is 0.0568 e. The molecule has 0 aromatic heterocycles. The highest BCUT2D eigenvalue weighted by Crippen LogP contribution is 2.06. The molecule has 0 saturated carbocycles. The van der Waals surface area contributed by atoms with Crippen LogP contribution in [0, 0.1) is 6.92 Å². The van der Waals surface area contributed by atoms with Crippen molar-refractivity contribution in [3.05, 3.63) is 59.7 Å². The van der Waals surface area contributed by atoms with Gasteiger partial charge in [0.05, 0.1) is 5.88 Å². The van der Waals surface area contributed by atoms with E-state index in [0.717, 1.165) is 31.3 Å². The van der Waals surface area contributed by atoms with Crippen LogP contribution in [0.3, 0.4) is 0 Å². The fourth-order valence-corrected chi connectivity index (χ4v) is 3.14. The fraction of sp³-hybridized carbons (Fsp3) is 0.474. The molecular weight excluding hydrogens is 334 g/mol. The Kier molecular flexibility index (Phi) is 14.0. The van der Waals surface area contributed by atoms with Crippen LogP contribution < -0.4 is 15.4 Å². The summed E-state index contributed by atoms with van der Waals surface area (Å²) >= 11 is 3.67. The molecule has 0 radical (unpaired) electrons. The van der Waals surface area contributed by atoms with Crippen molar-refractivity contribution in [1.29, 1.82) is 0 Å². The van der Waals surface area contributed by atoms with Gasteiger partial charge in [0.25, 0.3) is 0 Å². The predicted octanol–water partition coefficient (Wildman–Crippen LogP) is 3.74. The maximum absolute atomic E-state index is 3.35.